The molecule has 3 amide bonds. The molecule has 29 heavy (non-hydrogen) atoms. The standard InChI is InChI=1S/C22H23ClN2O4/c1-3-12-22(2,18(24-21(28)29)14-8-10-15(23)11-9-14)13-25-19(26)16-6-4-5-7-17(16)20(25)27/h4-11,18,24H,3,12-13H2,1-2H3,(H,28,29)/t18-,22?/m1/s1. The number of nitrogens with one attached hydrogen (secondary N) is 1. The molecule has 1 aliphatic heterocycles. The summed E-state index contributed by atoms with van der Waals surface area (Å²) in [5.74, 6) is -0.698. The zero-order valence-electron chi connectivity index (χ0n) is 16.3. The van der Waals surface area contributed by atoms with Crippen molar-refractivity contribution in [1.82, 2.24) is 10.2 Å². The fourth-order valence-corrected chi connectivity index (χ4v) is 4.19. The maximum atomic E-state index is 12.9. The second-order valence-corrected chi connectivity index (χ2v) is 8.02. The van der Waals surface area contributed by atoms with Crippen LogP contribution in [0.1, 0.15) is 59.0 Å². The lowest BCUT2D eigenvalue weighted by Gasteiger charge is -2.40. The maximum Gasteiger partial charge on any atom is 0.405 e. The van der Waals surface area contributed by atoms with E-state index in [0.717, 1.165) is 12.0 Å². The van der Waals surface area contributed by atoms with Crippen LogP contribution in [0.5, 0.6) is 0 Å². The SMILES string of the molecule is CCCC(C)(CN1C(=O)c2ccccc2C1=O)[C@H](NC(=O)O)c1ccc(Cl)cc1. The van der Waals surface area contributed by atoms with E-state index >= 15 is 0 Å². The van der Waals surface area contributed by atoms with Crippen molar-refractivity contribution in [2.24, 2.45) is 5.41 Å². The Labute approximate surface area is 174 Å². The molecule has 0 saturated heterocycles. The van der Waals surface area contributed by atoms with Gasteiger partial charge in [-0.05, 0) is 36.2 Å². The number of imide groups is 1. The Balaban J connectivity index is 1.99. The van der Waals surface area contributed by atoms with Crippen LogP contribution < -0.4 is 5.32 Å². The predicted molar refractivity (Wildman–Crippen MR) is 110 cm³/mol. The van der Waals surface area contributed by atoms with Crippen molar-refractivity contribution in [2.45, 2.75) is 32.7 Å². The third-order valence-corrected chi connectivity index (χ3v) is 5.64. The Bertz CT molecular complexity index is 909. The second kappa shape index (κ2) is 8.25. The van der Waals surface area contributed by atoms with Crippen LogP contribution in [0.25, 0.3) is 0 Å². The van der Waals surface area contributed by atoms with Crippen molar-refractivity contribution in [3.8, 4) is 0 Å². The van der Waals surface area contributed by atoms with Gasteiger partial charge in [0.05, 0.1) is 17.2 Å². The van der Waals surface area contributed by atoms with E-state index < -0.39 is 17.6 Å². The molecule has 0 saturated carbocycles. The van der Waals surface area contributed by atoms with E-state index in [0.29, 0.717) is 22.6 Å². The molecular formula is C22H23ClN2O4. The summed E-state index contributed by atoms with van der Waals surface area (Å²) in [4.78, 5) is 38.5. The minimum absolute atomic E-state index is 0.0980. The molecule has 2 aromatic carbocycles. The van der Waals surface area contributed by atoms with Crippen molar-refractivity contribution in [1.29, 1.82) is 0 Å². The average molecular weight is 415 g/mol. The first-order valence-electron chi connectivity index (χ1n) is 9.47. The zero-order chi connectivity index (χ0) is 21.2. The first-order chi connectivity index (χ1) is 13.8. The smallest absolute Gasteiger partial charge is 0.405 e. The third kappa shape index (κ3) is 4.12. The van der Waals surface area contributed by atoms with Crippen LogP contribution in [0.3, 0.4) is 0 Å². The topological polar surface area (TPSA) is 86.7 Å². The molecule has 0 bridgehead atoms. The summed E-state index contributed by atoms with van der Waals surface area (Å²) in [6.45, 7) is 3.98. The van der Waals surface area contributed by atoms with Crippen molar-refractivity contribution >= 4 is 29.5 Å². The number of carbonyl (C=O) groups excluding carboxylic acids is 2. The van der Waals surface area contributed by atoms with Gasteiger partial charge in [-0.25, -0.2) is 4.79 Å². The molecule has 1 unspecified atom stereocenters. The first-order valence-corrected chi connectivity index (χ1v) is 9.85. The molecule has 0 aromatic heterocycles. The third-order valence-electron chi connectivity index (χ3n) is 5.39. The summed E-state index contributed by atoms with van der Waals surface area (Å²) in [6, 6.07) is 13.0. The summed E-state index contributed by atoms with van der Waals surface area (Å²) in [7, 11) is 0. The van der Waals surface area contributed by atoms with E-state index in [2.05, 4.69) is 5.32 Å². The van der Waals surface area contributed by atoms with Crippen LogP contribution in [-0.2, 0) is 0 Å². The lowest BCUT2D eigenvalue weighted by molar-refractivity contribution is 0.0523. The molecule has 0 spiro atoms. The molecule has 0 aliphatic carbocycles. The van der Waals surface area contributed by atoms with Gasteiger partial charge in [-0.15, -0.1) is 0 Å². The molecule has 3 rings (SSSR count). The molecule has 1 aliphatic rings. The summed E-state index contributed by atoms with van der Waals surface area (Å²) < 4.78 is 0. The lowest BCUT2D eigenvalue weighted by atomic mass is 9.74. The minimum Gasteiger partial charge on any atom is -0.465 e. The molecule has 2 aromatic rings. The zero-order valence-corrected chi connectivity index (χ0v) is 17.1. The van der Waals surface area contributed by atoms with Gasteiger partial charge < -0.3 is 10.4 Å². The first kappa shape index (κ1) is 20.9. The van der Waals surface area contributed by atoms with Gasteiger partial charge in [0.15, 0.2) is 0 Å². The van der Waals surface area contributed by atoms with Crippen molar-refractivity contribution in [3.63, 3.8) is 0 Å². The number of halogens is 1. The summed E-state index contributed by atoms with van der Waals surface area (Å²) in [5, 5.41) is 12.6. The van der Waals surface area contributed by atoms with E-state index in [-0.39, 0.29) is 18.4 Å². The van der Waals surface area contributed by atoms with Gasteiger partial charge in [0.1, 0.15) is 0 Å². The second-order valence-electron chi connectivity index (χ2n) is 7.58. The molecule has 152 valence electrons. The molecular weight excluding hydrogens is 392 g/mol. The van der Waals surface area contributed by atoms with Crippen molar-refractivity contribution in [3.05, 3.63) is 70.2 Å². The number of nitrogens with zero attached hydrogens (tertiary/aromatic N) is 1. The minimum atomic E-state index is -1.17. The van der Waals surface area contributed by atoms with Gasteiger partial charge >= 0.3 is 6.09 Å². The van der Waals surface area contributed by atoms with Gasteiger partial charge in [-0.3, -0.25) is 14.5 Å². The van der Waals surface area contributed by atoms with Crippen LogP contribution >= 0.6 is 11.6 Å². The van der Waals surface area contributed by atoms with E-state index in [9.17, 15) is 19.5 Å². The Morgan fingerprint density at radius 1 is 1.10 bits per heavy atom. The van der Waals surface area contributed by atoms with Crippen molar-refractivity contribution < 1.29 is 19.5 Å². The number of hydrogen-bond donors (Lipinski definition) is 2. The Morgan fingerprint density at radius 3 is 2.14 bits per heavy atom. The van der Waals surface area contributed by atoms with Crippen LogP contribution in [0.4, 0.5) is 4.79 Å². The summed E-state index contributed by atoms with van der Waals surface area (Å²) in [5.41, 5.74) is 0.773. The Hall–Kier alpha value is -2.86. The quantitative estimate of drug-likeness (QED) is 0.640. The van der Waals surface area contributed by atoms with E-state index in [4.69, 9.17) is 11.6 Å². The molecule has 0 radical (unpaired) electrons. The highest BCUT2D eigenvalue weighted by atomic mass is 35.5. The highest BCUT2D eigenvalue weighted by Crippen LogP contribution is 2.41. The number of benzene rings is 2. The van der Waals surface area contributed by atoms with E-state index in [1.807, 2.05) is 13.8 Å². The van der Waals surface area contributed by atoms with Gasteiger partial charge in [0.25, 0.3) is 11.8 Å². The number of hydrogen-bond acceptors (Lipinski definition) is 3. The highest BCUT2D eigenvalue weighted by Gasteiger charge is 2.43. The van der Waals surface area contributed by atoms with Crippen LogP contribution in [0.15, 0.2) is 48.5 Å². The number of rotatable bonds is 7. The number of amides is 3. The van der Waals surface area contributed by atoms with Gasteiger partial charge in [0, 0.05) is 17.0 Å². The molecule has 2 N–H and O–H groups in total. The Kier molecular flexibility index (Phi) is 5.94. The average Bonchev–Trinajstić information content (AvgIpc) is 2.92. The maximum absolute atomic E-state index is 12.9. The number of fused-ring (bicyclic) bond motifs is 1. The molecule has 6 nitrogen and oxygen atoms in total. The highest BCUT2D eigenvalue weighted by molar-refractivity contribution is 6.30. The molecule has 7 heteroatoms. The summed E-state index contributed by atoms with van der Waals surface area (Å²) in [6.07, 6.45) is 0.189. The van der Waals surface area contributed by atoms with E-state index in [1.165, 1.54) is 4.90 Å². The molecule has 0 fully saturated rings. The largest absolute Gasteiger partial charge is 0.465 e. The number of carbonyl (C=O) groups is 3. The Morgan fingerprint density at radius 2 is 1.66 bits per heavy atom. The normalized spacial score (nSPS) is 16.3. The van der Waals surface area contributed by atoms with Gasteiger partial charge in [-0.2, -0.15) is 0 Å². The summed E-state index contributed by atoms with van der Waals surface area (Å²) >= 11 is 5.99. The monoisotopic (exact) mass is 414 g/mol. The molecule has 2 atom stereocenters. The van der Waals surface area contributed by atoms with Gasteiger partial charge in [0.2, 0.25) is 0 Å². The van der Waals surface area contributed by atoms with Crippen LogP contribution in [0, 0.1) is 5.41 Å². The van der Waals surface area contributed by atoms with Crippen molar-refractivity contribution in [2.75, 3.05) is 6.54 Å². The van der Waals surface area contributed by atoms with Crippen LogP contribution in [0.2, 0.25) is 5.02 Å². The fraction of sp³-hybridized carbons (Fsp3) is 0.318. The fourth-order valence-electron chi connectivity index (χ4n) is 4.07. The number of carboxylic acid groups (broad SMARTS) is 1. The van der Waals surface area contributed by atoms with E-state index in [1.54, 1.807) is 48.5 Å². The van der Waals surface area contributed by atoms with Crippen LogP contribution in [-0.4, -0.2) is 34.5 Å². The predicted octanol–water partition coefficient (Wildman–Crippen LogP) is 4.75. The lowest BCUT2D eigenvalue weighted by Crippen LogP contribution is -2.47. The molecule has 1 heterocycles. The van der Waals surface area contributed by atoms with Gasteiger partial charge in [-0.1, -0.05) is 56.1 Å².